The molecule has 0 saturated heterocycles. The number of benzene rings is 1. The molecule has 0 aliphatic heterocycles. The molecule has 0 N–H and O–H groups in total. The number of para-hydroxylation sites is 2. The number of imidazole rings is 2. The zero-order chi connectivity index (χ0) is 14.1. The maximum absolute atomic E-state index is 6.27. The molecule has 2 aromatic heterocycles. The molecule has 0 fully saturated rings. The van der Waals surface area contributed by atoms with Gasteiger partial charge in [-0.1, -0.05) is 12.1 Å². The van der Waals surface area contributed by atoms with Gasteiger partial charge in [-0.2, -0.15) is 0 Å². The number of aryl methyl sites for hydroxylation is 3. The van der Waals surface area contributed by atoms with Gasteiger partial charge in [0.05, 0.1) is 16.4 Å². The fourth-order valence-electron chi connectivity index (χ4n) is 2.48. The van der Waals surface area contributed by atoms with Crippen molar-refractivity contribution >= 4 is 22.6 Å². The van der Waals surface area contributed by atoms with Crippen molar-refractivity contribution in [2.45, 2.75) is 25.3 Å². The Morgan fingerprint density at radius 1 is 1.30 bits per heavy atom. The number of alkyl halides is 1. The lowest BCUT2D eigenvalue weighted by Gasteiger charge is -2.10. The van der Waals surface area contributed by atoms with Gasteiger partial charge < -0.3 is 9.13 Å². The Bertz CT molecular complexity index is 726. The summed E-state index contributed by atoms with van der Waals surface area (Å²) in [6.45, 7) is 2.79. The third kappa shape index (κ3) is 2.31. The number of halogens is 1. The average Bonchev–Trinajstić information content (AvgIpc) is 3.00. The molecule has 5 heteroatoms. The second kappa shape index (κ2) is 5.29. The fourth-order valence-corrected chi connectivity index (χ4v) is 2.65. The lowest BCUT2D eigenvalue weighted by molar-refractivity contribution is 0.634. The van der Waals surface area contributed by atoms with Crippen LogP contribution in [0.4, 0.5) is 0 Å². The van der Waals surface area contributed by atoms with Crippen molar-refractivity contribution in [3.63, 3.8) is 0 Å². The molecule has 3 aromatic rings. The molecular weight excluding hydrogens is 272 g/mol. The van der Waals surface area contributed by atoms with Gasteiger partial charge in [-0.05, 0) is 19.1 Å². The molecule has 20 heavy (non-hydrogen) atoms. The minimum Gasteiger partial charge on any atom is -0.338 e. The Kier molecular flexibility index (Phi) is 3.49. The van der Waals surface area contributed by atoms with E-state index in [9.17, 15) is 0 Å². The first-order valence-electron chi connectivity index (χ1n) is 6.72. The highest BCUT2D eigenvalue weighted by atomic mass is 35.5. The Labute approximate surface area is 123 Å². The molecule has 0 spiro atoms. The number of hydrogen-bond donors (Lipinski definition) is 0. The average molecular weight is 289 g/mol. The first kappa shape index (κ1) is 13.2. The maximum Gasteiger partial charge on any atom is 0.127 e. The summed E-state index contributed by atoms with van der Waals surface area (Å²) in [7, 11) is 2.01. The van der Waals surface area contributed by atoms with E-state index in [0.717, 1.165) is 35.6 Å². The van der Waals surface area contributed by atoms with E-state index in [1.165, 1.54) is 0 Å². The van der Waals surface area contributed by atoms with Gasteiger partial charge in [0.15, 0.2) is 0 Å². The lowest BCUT2D eigenvalue weighted by atomic mass is 10.3. The monoisotopic (exact) mass is 288 g/mol. The van der Waals surface area contributed by atoms with Gasteiger partial charge >= 0.3 is 0 Å². The zero-order valence-electron chi connectivity index (χ0n) is 11.6. The van der Waals surface area contributed by atoms with Crippen molar-refractivity contribution in [1.82, 2.24) is 19.1 Å². The highest BCUT2D eigenvalue weighted by molar-refractivity contribution is 6.20. The molecule has 0 bridgehead atoms. The summed E-state index contributed by atoms with van der Waals surface area (Å²) < 4.78 is 4.24. The number of nitrogens with zero attached hydrogens (tertiary/aromatic N) is 4. The molecule has 0 aliphatic rings. The Morgan fingerprint density at radius 3 is 2.80 bits per heavy atom. The summed E-state index contributed by atoms with van der Waals surface area (Å²) in [5.41, 5.74) is 2.12. The van der Waals surface area contributed by atoms with E-state index in [1.54, 1.807) is 0 Å². The van der Waals surface area contributed by atoms with Gasteiger partial charge in [0.2, 0.25) is 0 Å². The summed E-state index contributed by atoms with van der Waals surface area (Å²) in [4.78, 5) is 9.00. The van der Waals surface area contributed by atoms with Gasteiger partial charge in [-0.3, -0.25) is 0 Å². The highest BCUT2D eigenvalue weighted by Crippen LogP contribution is 2.24. The molecule has 2 heterocycles. The van der Waals surface area contributed by atoms with Crippen LogP contribution in [0.2, 0.25) is 0 Å². The summed E-state index contributed by atoms with van der Waals surface area (Å²) in [5, 5.41) is -0.108. The van der Waals surface area contributed by atoms with Gasteiger partial charge in [0, 0.05) is 32.4 Å². The third-order valence-corrected chi connectivity index (χ3v) is 3.72. The number of rotatable bonds is 4. The molecular formula is C15H17ClN4. The van der Waals surface area contributed by atoms with Crippen molar-refractivity contribution in [2.24, 2.45) is 7.05 Å². The van der Waals surface area contributed by atoms with Gasteiger partial charge in [-0.25, -0.2) is 9.97 Å². The quantitative estimate of drug-likeness (QED) is 0.691. The largest absolute Gasteiger partial charge is 0.338 e. The van der Waals surface area contributed by atoms with Crippen LogP contribution in [0, 0.1) is 0 Å². The van der Waals surface area contributed by atoms with Gasteiger partial charge in [0.1, 0.15) is 11.6 Å². The first-order chi connectivity index (χ1) is 9.66. The van der Waals surface area contributed by atoms with E-state index in [1.807, 2.05) is 49.1 Å². The highest BCUT2D eigenvalue weighted by Gasteiger charge is 2.14. The van der Waals surface area contributed by atoms with Crippen molar-refractivity contribution < 1.29 is 0 Å². The van der Waals surface area contributed by atoms with Crippen LogP contribution in [0.5, 0.6) is 0 Å². The lowest BCUT2D eigenvalue weighted by Crippen LogP contribution is -2.09. The fraction of sp³-hybridized carbons (Fsp3) is 0.333. The van der Waals surface area contributed by atoms with E-state index < -0.39 is 0 Å². The topological polar surface area (TPSA) is 35.6 Å². The Morgan fingerprint density at radius 2 is 2.10 bits per heavy atom. The number of fused-ring (bicyclic) bond motifs is 1. The van der Waals surface area contributed by atoms with Gasteiger partial charge in [0.25, 0.3) is 0 Å². The zero-order valence-corrected chi connectivity index (χ0v) is 12.4. The molecule has 104 valence electrons. The maximum atomic E-state index is 6.27. The number of aromatic nitrogens is 4. The van der Waals surface area contributed by atoms with E-state index in [0.29, 0.717) is 0 Å². The smallest absolute Gasteiger partial charge is 0.127 e. The molecule has 0 amide bonds. The van der Waals surface area contributed by atoms with Crippen LogP contribution >= 0.6 is 11.6 Å². The minimum atomic E-state index is -0.108. The van der Waals surface area contributed by atoms with E-state index in [2.05, 4.69) is 20.6 Å². The molecule has 0 radical (unpaired) electrons. The minimum absolute atomic E-state index is 0.108. The molecule has 4 nitrogen and oxygen atoms in total. The van der Waals surface area contributed by atoms with Crippen LogP contribution in [0.25, 0.3) is 11.0 Å². The van der Waals surface area contributed by atoms with Crippen molar-refractivity contribution in [1.29, 1.82) is 0 Å². The predicted molar refractivity (Wildman–Crippen MR) is 80.9 cm³/mol. The third-order valence-electron chi connectivity index (χ3n) is 3.52. The van der Waals surface area contributed by atoms with E-state index in [-0.39, 0.29) is 5.38 Å². The van der Waals surface area contributed by atoms with Crippen molar-refractivity contribution in [3.05, 3.63) is 48.3 Å². The normalized spacial score (nSPS) is 12.9. The van der Waals surface area contributed by atoms with E-state index in [4.69, 9.17) is 11.6 Å². The summed E-state index contributed by atoms with van der Waals surface area (Å²) in [5.74, 6) is 1.98. The Hall–Kier alpha value is -1.81. The summed E-state index contributed by atoms with van der Waals surface area (Å²) >= 11 is 6.27. The SMILES string of the molecule is CC(Cl)c1nc2ccccc2n1CCc1nccn1C. The molecule has 1 atom stereocenters. The van der Waals surface area contributed by atoms with E-state index >= 15 is 0 Å². The summed E-state index contributed by atoms with van der Waals surface area (Å²) in [6.07, 6.45) is 4.65. The van der Waals surface area contributed by atoms with Crippen LogP contribution in [0.1, 0.15) is 23.9 Å². The van der Waals surface area contributed by atoms with Crippen LogP contribution in [-0.4, -0.2) is 19.1 Å². The number of hydrogen-bond acceptors (Lipinski definition) is 2. The van der Waals surface area contributed by atoms with Crippen LogP contribution in [0.15, 0.2) is 36.7 Å². The standard InChI is InChI=1S/C15H17ClN4/c1-11(16)15-18-12-5-3-4-6-13(12)20(15)9-7-14-17-8-10-19(14)2/h3-6,8,10-11H,7,9H2,1-2H3. The first-order valence-corrected chi connectivity index (χ1v) is 7.16. The second-order valence-electron chi connectivity index (χ2n) is 4.93. The molecule has 1 aromatic carbocycles. The molecule has 0 saturated carbocycles. The second-order valence-corrected chi connectivity index (χ2v) is 5.59. The van der Waals surface area contributed by atoms with Crippen LogP contribution in [-0.2, 0) is 20.0 Å². The Balaban J connectivity index is 1.97. The van der Waals surface area contributed by atoms with Crippen molar-refractivity contribution in [3.8, 4) is 0 Å². The van der Waals surface area contributed by atoms with Gasteiger partial charge in [-0.15, -0.1) is 11.6 Å². The summed E-state index contributed by atoms with van der Waals surface area (Å²) in [6, 6.07) is 8.14. The predicted octanol–water partition coefficient (Wildman–Crippen LogP) is 3.31. The molecule has 3 rings (SSSR count). The molecule has 0 aliphatic carbocycles. The van der Waals surface area contributed by atoms with Crippen LogP contribution in [0.3, 0.4) is 0 Å². The molecule has 1 unspecified atom stereocenters. The van der Waals surface area contributed by atoms with Crippen molar-refractivity contribution in [2.75, 3.05) is 0 Å². The van der Waals surface area contributed by atoms with Crippen LogP contribution < -0.4 is 0 Å².